The molecule has 1 aliphatic rings. The molecule has 0 bridgehead atoms. The van der Waals surface area contributed by atoms with Crippen molar-refractivity contribution in [1.82, 2.24) is 19.9 Å². The van der Waals surface area contributed by atoms with Crippen molar-refractivity contribution in [1.29, 1.82) is 0 Å². The number of hydrogen-bond donors (Lipinski definition) is 1. The van der Waals surface area contributed by atoms with E-state index >= 15 is 0 Å². The Labute approximate surface area is 118 Å². The summed E-state index contributed by atoms with van der Waals surface area (Å²) in [6.07, 6.45) is 5.18. The van der Waals surface area contributed by atoms with Gasteiger partial charge in [-0.1, -0.05) is 0 Å². The molecule has 1 saturated heterocycles. The van der Waals surface area contributed by atoms with Gasteiger partial charge in [-0.15, -0.1) is 0 Å². The zero-order chi connectivity index (χ0) is 14.2. The number of nitrogens with zero attached hydrogens (tertiary/aromatic N) is 3. The van der Waals surface area contributed by atoms with E-state index < -0.39 is 9.84 Å². The highest BCUT2D eigenvalue weighted by atomic mass is 32.2. The normalized spacial score (nSPS) is 19.4. The maximum atomic E-state index is 11.4. The molecule has 7 heteroatoms. The standard InChI is InChI=1S/C13H18N4O2S/c1-10-6-13-15-8-11(9-17(13)16-10)7-14-12-2-4-20(18,19)5-3-12/h6,8-9,12,14H,2-5,7H2,1H3. The van der Waals surface area contributed by atoms with Crippen LogP contribution in [-0.2, 0) is 16.4 Å². The van der Waals surface area contributed by atoms with E-state index in [1.165, 1.54) is 0 Å². The van der Waals surface area contributed by atoms with Crippen molar-refractivity contribution in [2.24, 2.45) is 0 Å². The van der Waals surface area contributed by atoms with Crippen LogP contribution in [0.4, 0.5) is 0 Å². The van der Waals surface area contributed by atoms with Crippen LogP contribution in [0.25, 0.3) is 5.65 Å². The van der Waals surface area contributed by atoms with Gasteiger partial charge in [0.05, 0.1) is 17.2 Å². The molecule has 20 heavy (non-hydrogen) atoms. The second-order valence-corrected chi connectivity index (χ2v) is 7.66. The van der Waals surface area contributed by atoms with Gasteiger partial charge in [-0.2, -0.15) is 5.10 Å². The van der Waals surface area contributed by atoms with Gasteiger partial charge in [0, 0.05) is 36.6 Å². The van der Waals surface area contributed by atoms with Gasteiger partial charge in [0.2, 0.25) is 0 Å². The lowest BCUT2D eigenvalue weighted by Crippen LogP contribution is -2.37. The molecule has 1 aliphatic heterocycles. The van der Waals surface area contributed by atoms with Crippen LogP contribution in [0, 0.1) is 6.92 Å². The minimum Gasteiger partial charge on any atom is -0.310 e. The molecular weight excluding hydrogens is 276 g/mol. The van der Waals surface area contributed by atoms with Gasteiger partial charge < -0.3 is 5.32 Å². The second-order valence-electron chi connectivity index (χ2n) is 5.36. The third-order valence-corrected chi connectivity index (χ3v) is 5.35. The van der Waals surface area contributed by atoms with E-state index in [0.717, 1.165) is 16.9 Å². The van der Waals surface area contributed by atoms with Gasteiger partial charge in [-0.05, 0) is 19.8 Å². The summed E-state index contributed by atoms with van der Waals surface area (Å²) in [5.74, 6) is 0.584. The lowest BCUT2D eigenvalue weighted by molar-refractivity contribution is 0.462. The molecule has 3 heterocycles. The maximum absolute atomic E-state index is 11.4. The summed E-state index contributed by atoms with van der Waals surface area (Å²) < 4.78 is 24.5. The Morgan fingerprint density at radius 2 is 2.15 bits per heavy atom. The Morgan fingerprint density at radius 1 is 1.40 bits per heavy atom. The van der Waals surface area contributed by atoms with E-state index in [2.05, 4.69) is 15.4 Å². The van der Waals surface area contributed by atoms with E-state index in [9.17, 15) is 8.42 Å². The molecule has 0 amide bonds. The van der Waals surface area contributed by atoms with E-state index in [1.807, 2.05) is 25.4 Å². The van der Waals surface area contributed by atoms with Gasteiger partial charge in [0.1, 0.15) is 9.84 Å². The topological polar surface area (TPSA) is 76.4 Å². The molecule has 0 aliphatic carbocycles. The predicted octanol–water partition coefficient (Wildman–Crippen LogP) is 0.705. The number of rotatable bonds is 3. The quantitative estimate of drug-likeness (QED) is 0.902. The molecule has 3 rings (SSSR count). The smallest absolute Gasteiger partial charge is 0.155 e. The summed E-state index contributed by atoms with van der Waals surface area (Å²) in [7, 11) is -2.79. The second kappa shape index (κ2) is 5.14. The van der Waals surface area contributed by atoms with E-state index in [4.69, 9.17) is 0 Å². The van der Waals surface area contributed by atoms with Crippen LogP contribution >= 0.6 is 0 Å². The average Bonchev–Trinajstić information content (AvgIpc) is 2.77. The fourth-order valence-corrected chi connectivity index (χ4v) is 3.97. The van der Waals surface area contributed by atoms with Crippen molar-refractivity contribution >= 4 is 15.5 Å². The molecule has 108 valence electrons. The van der Waals surface area contributed by atoms with Crippen LogP contribution in [-0.4, -0.2) is 40.6 Å². The molecule has 0 unspecified atom stereocenters. The van der Waals surface area contributed by atoms with Crippen molar-refractivity contribution in [3.05, 3.63) is 29.7 Å². The van der Waals surface area contributed by atoms with Gasteiger partial charge in [-0.25, -0.2) is 17.9 Å². The Bertz CT molecular complexity index is 709. The SMILES string of the molecule is Cc1cc2ncc(CNC3CCS(=O)(=O)CC3)cn2n1. The minimum absolute atomic E-state index is 0.272. The molecule has 0 spiro atoms. The van der Waals surface area contributed by atoms with E-state index in [-0.39, 0.29) is 6.04 Å². The molecule has 0 radical (unpaired) electrons. The molecule has 2 aromatic rings. The van der Waals surface area contributed by atoms with Crippen molar-refractivity contribution in [3.63, 3.8) is 0 Å². The number of aromatic nitrogens is 3. The molecule has 6 nitrogen and oxygen atoms in total. The number of aryl methyl sites for hydroxylation is 1. The molecule has 0 atom stereocenters. The number of sulfone groups is 1. The molecule has 1 N–H and O–H groups in total. The van der Waals surface area contributed by atoms with Crippen LogP contribution in [0.2, 0.25) is 0 Å². The van der Waals surface area contributed by atoms with Crippen molar-refractivity contribution in [2.75, 3.05) is 11.5 Å². The van der Waals surface area contributed by atoms with Crippen LogP contribution in [0.3, 0.4) is 0 Å². The van der Waals surface area contributed by atoms with Crippen LogP contribution in [0.5, 0.6) is 0 Å². The Balaban J connectivity index is 1.62. The van der Waals surface area contributed by atoms with Crippen molar-refractivity contribution < 1.29 is 8.42 Å². The summed E-state index contributed by atoms with van der Waals surface area (Å²) in [6.45, 7) is 2.63. The van der Waals surface area contributed by atoms with E-state index in [0.29, 0.717) is 30.9 Å². The summed E-state index contributed by atoms with van der Waals surface area (Å²) in [6, 6.07) is 2.21. The third kappa shape index (κ3) is 2.99. The van der Waals surface area contributed by atoms with Crippen molar-refractivity contribution in [2.45, 2.75) is 32.4 Å². The lowest BCUT2D eigenvalue weighted by atomic mass is 10.1. The summed E-state index contributed by atoms with van der Waals surface area (Å²) in [4.78, 5) is 4.35. The minimum atomic E-state index is -2.79. The van der Waals surface area contributed by atoms with Gasteiger partial charge in [0.25, 0.3) is 0 Å². The van der Waals surface area contributed by atoms with Gasteiger partial charge in [0.15, 0.2) is 5.65 Å². The van der Waals surface area contributed by atoms with Crippen LogP contribution < -0.4 is 5.32 Å². The number of fused-ring (bicyclic) bond motifs is 1. The first-order chi connectivity index (χ1) is 9.52. The zero-order valence-electron chi connectivity index (χ0n) is 11.4. The zero-order valence-corrected chi connectivity index (χ0v) is 12.2. The lowest BCUT2D eigenvalue weighted by Gasteiger charge is -2.23. The first-order valence-electron chi connectivity index (χ1n) is 6.76. The number of hydrogen-bond acceptors (Lipinski definition) is 5. The highest BCUT2D eigenvalue weighted by molar-refractivity contribution is 7.91. The molecule has 0 aromatic carbocycles. The Morgan fingerprint density at radius 3 is 2.90 bits per heavy atom. The van der Waals surface area contributed by atoms with Crippen LogP contribution in [0.1, 0.15) is 24.1 Å². The summed E-state index contributed by atoms with van der Waals surface area (Å²) >= 11 is 0. The van der Waals surface area contributed by atoms with Gasteiger partial charge in [-0.3, -0.25) is 0 Å². The van der Waals surface area contributed by atoms with Gasteiger partial charge >= 0.3 is 0 Å². The third-order valence-electron chi connectivity index (χ3n) is 3.64. The maximum Gasteiger partial charge on any atom is 0.155 e. The molecule has 2 aromatic heterocycles. The summed E-state index contributed by atoms with van der Waals surface area (Å²) in [5, 5.41) is 7.74. The first-order valence-corrected chi connectivity index (χ1v) is 8.59. The average molecular weight is 294 g/mol. The van der Waals surface area contributed by atoms with Crippen molar-refractivity contribution in [3.8, 4) is 0 Å². The molecule has 1 fully saturated rings. The van der Waals surface area contributed by atoms with E-state index in [1.54, 1.807) is 4.52 Å². The highest BCUT2D eigenvalue weighted by Gasteiger charge is 2.22. The first kappa shape index (κ1) is 13.5. The van der Waals surface area contributed by atoms with Crippen LogP contribution in [0.15, 0.2) is 18.5 Å². The Hall–Kier alpha value is -1.47. The Kier molecular flexibility index (Phi) is 3.47. The molecular formula is C13H18N4O2S. The number of nitrogens with one attached hydrogen (secondary N) is 1. The predicted molar refractivity (Wildman–Crippen MR) is 76.2 cm³/mol. The highest BCUT2D eigenvalue weighted by Crippen LogP contribution is 2.13. The largest absolute Gasteiger partial charge is 0.310 e. The molecule has 0 saturated carbocycles. The monoisotopic (exact) mass is 294 g/mol. The fraction of sp³-hybridized carbons (Fsp3) is 0.538. The summed E-state index contributed by atoms with van der Waals surface area (Å²) in [5.41, 5.74) is 2.84. The fourth-order valence-electron chi connectivity index (χ4n) is 2.48.